The second-order valence-corrected chi connectivity index (χ2v) is 9.02. The monoisotopic (exact) mass is 338 g/mol. The fourth-order valence-corrected chi connectivity index (χ4v) is 5.65. The van der Waals surface area contributed by atoms with Crippen molar-refractivity contribution >= 4 is 13.0 Å². The van der Waals surface area contributed by atoms with E-state index in [1.54, 1.807) is 6.92 Å². The largest absolute Gasteiger partial charge is 0.482 e. The van der Waals surface area contributed by atoms with Gasteiger partial charge in [0.25, 0.3) is 0 Å². The Balaban J connectivity index is 1.55. The van der Waals surface area contributed by atoms with E-state index in [-0.39, 0.29) is 41.9 Å². The van der Waals surface area contributed by atoms with Gasteiger partial charge in [0.15, 0.2) is 0 Å². The number of halogens is 1. The highest BCUT2D eigenvalue weighted by Gasteiger charge is 2.69. The van der Waals surface area contributed by atoms with Gasteiger partial charge in [-0.3, -0.25) is 4.79 Å². The highest BCUT2D eigenvalue weighted by atomic mass is 19.1. The number of amides is 1. The molecule has 5 rings (SSSR count). The van der Waals surface area contributed by atoms with Crippen molar-refractivity contribution in [3.63, 3.8) is 0 Å². The van der Waals surface area contributed by atoms with Crippen molar-refractivity contribution in [1.82, 2.24) is 4.90 Å². The van der Waals surface area contributed by atoms with Crippen molar-refractivity contribution in [3.05, 3.63) is 0 Å². The Hall–Kier alpha value is -0.655. The lowest BCUT2D eigenvalue weighted by Gasteiger charge is -2.64. The number of carbonyl (C=O) groups excluding carboxylic acids is 1. The van der Waals surface area contributed by atoms with E-state index in [4.69, 9.17) is 15.0 Å². The van der Waals surface area contributed by atoms with E-state index in [9.17, 15) is 9.18 Å². The number of likely N-dealkylation sites (tertiary alicyclic amines) is 1. The summed E-state index contributed by atoms with van der Waals surface area (Å²) in [7, 11) is -0.543. The third kappa shape index (κ3) is 2.13. The zero-order valence-corrected chi connectivity index (χ0v) is 15.0. The predicted molar refractivity (Wildman–Crippen MR) is 88.8 cm³/mol. The fraction of sp³-hybridized carbons (Fsp3) is 0.941. The van der Waals surface area contributed by atoms with Crippen molar-refractivity contribution in [3.8, 4) is 0 Å². The van der Waals surface area contributed by atoms with E-state index in [2.05, 4.69) is 20.8 Å². The van der Waals surface area contributed by atoms with Crippen LogP contribution in [0.3, 0.4) is 0 Å². The second-order valence-electron chi connectivity index (χ2n) is 9.02. The fourth-order valence-electron chi connectivity index (χ4n) is 5.65. The van der Waals surface area contributed by atoms with Gasteiger partial charge in [0, 0.05) is 0 Å². The van der Waals surface area contributed by atoms with Crippen LogP contribution in [0, 0.1) is 17.3 Å². The number of nitrogens with two attached hydrogens (primary N) is 1. The molecule has 7 heteroatoms. The summed E-state index contributed by atoms with van der Waals surface area (Å²) < 4.78 is 26.7. The van der Waals surface area contributed by atoms with Gasteiger partial charge in [0.05, 0.1) is 30.2 Å². The highest BCUT2D eigenvalue weighted by molar-refractivity contribution is 6.48. The van der Waals surface area contributed by atoms with Crippen molar-refractivity contribution in [1.29, 1.82) is 0 Å². The van der Waals surface area contributed by atoms with Crippen molar-refractivity contribution in [2.24, 2.45) is 23.0 Å². The molecule has 0 aromatic rings. The van der Waals surface area contributed by atoms with Gasteiger partial charge in [0.2, 0.25) is 5.91 Å². The molecule has 2 bridgehead atoms. The lowest BCUT2D eigenvalue weighted by Crippen LogP contribution is -2.65. The van der Waals surface area contributed by atoms with Crippen LogP contribution in [0.15, 0.2) is 0 Å². The zero-order chi connectivity index (χ0) is 17.4. The maximum atomic E-state index is 14.0. The normalized spacial score (nSPS) is 47.3. The molecule has 2 N–H and O–H groups in total. The molecule has 3 saturated carbocycles. The summed E-state index contributed by atoms with van der Waals surface area (Å²) in [5, 5.41) is 0. The number of carbonyl (C=O) groups is 1. The summed E-state index contributed by atoms with van der Waals surface area (Å²) in [4.78, 5) is 13.9. The molecule has 134 valence electrons. The number of alkyl halides is 1. The Morgan fingerprint density at radius 2 is 2.04 bits per heavy atom. The van der Waals surface area contributed by atoms with Gasteiger partial charge in [0.1, 0.15) is 6.17 Å². The summed E-state index contributed by atoms with van der Waals surface area (Å²) in [5.74, 6) is 0.527. The molecule has 2 unspecified atom stereocenters. The highest BCUT2D eigenvalue weighted by Crippen LogP contribution is 2.65. The first-order valence-electron chi connectivity index (χ1n) is 9.18. The van der Waals surface area contributed by atoms with E-state index < -0.39 is 19.3 Å². The van der Waals surface area contributed by atoms with Crippen LogP contribution in [0.4, 0.5) is 4.39 Å². The average molecular weight is 338 g/mol. The Morgan fingerprint density at radius 1 is 1.33 bits per heavy atom. The van der Waals surface area contributed by atoms with Crippen LogP contribution in [0.25, 0.3) is 0 Å². The number of nitrogens with zero attached hydrogens (tertiary/aromatic N) is 1. The molecule has 0 radical (unpaired) electrons. The molecule has 24 heavy (non-hydrogen) atoms. The SMILES string of the molecule is C[C@@H](N)C(=O)N1C[C@@H](F)CC1B1OC2C[C@@H]3C[C@@H](C3(C)C)[C@]2(C)O1. The molecule has 5 aliphatic rings. The standard InChI is InChI=1S/C17H28BFN2O3/c1-9(20)15(22)21-8-11(19)7-14(21)18-23-13-6-10-5-12(16(10,2)3)17(13,4)24-18/h9-14H,5-8,20H2,1-4H3/t9-,10+,11+,12+,13?,14?,17+/m1/s1. The molecule has 2 aliphatic heterocycles. The van der Waals surface area contributed by atoms with E-state index in [0.717, 1.165) is 6.42 Å². The summed E-state index contributed by atoms with van der Waals surface area (Å²) >= 11 is 0. The van der Waals surface area contributed by atoms with Gasteiger partial charge < -0.3 is 19.9 Å². The number of rotatable bonds is 2. The average Bonchev–Trinajstić information content (AvgIpc) is 3.04. The third-order valence-corrected chi connectivity index (χ3v) is 7.25. The van der Waals surface area contributed by atoms with Crippen LogP contribution in [0.1, 0.15) is 47.0 Å². The van der Waals surface area contributed by atoms with E-state index in [1.807, 2.05) is 0 Å². The topological polar surface area (TPSA) is 64.8 Å². The molecule has 5 fully saturated rings. The molecular formula is C17H28BFN2O3. The molecule has 1 amide bonds. The first-order chi connectivity index (χ1) is 11.1. The summed E-state index contributed by atoms with van der Waals surface area (Å²) in [6, 6.07) is -0.635. The van der Waals surface area contributed by atoms with Gasteiger partial charge in [-0.05, 0) is 50.4 Å². The summed E-state index contributed by atoms with van der Waals surface area (Å²) in [6.45, 7) is 8.48. The minimum atomic E-state index is -1.04. The molecule has 3 aliphatic carbocycles. The van der Waals surface area contributed by atoms with E-state index >= 15 is 0 Å². The summed E-state index contributed by atoms with van der Waals surface area (Å²) in [5.41, 5.74) is 5.67. The van der Waals surface area contributed by atoms with Crippen LogP contribution in [0.2, 0.25) is 0 Å². The first-order valence-corrected chi connectivity index (χ1v) is 9.18. The van der Waals surface area contributed by atoms with Gasteiger partial charge in [-0.25, -0.2) is 4.39 Å². The molecule has 0 aromatic carbocycles. The Morgan fingerprint density at radius 3 is 2.67 bits per heavy atom. The molecule has 0 spiro atoms. The van der Waals surface area contributed by atoms with E-state index in [0.29, 0.717) is 11.8 Å². The molecule has 0 aromatic heterocycles. The van der Waals surface area contributed by atoms with Gasteiger partial charge >= 0.3 is 7.12 Å². The summed E-state index contributed by atoms with van der Waals surface area (Å²) in [6.07, 6.45) is 1.44. The van der Waals surface area contributed by atoms with E-state index in [1.165, 1.54) is 11.3 Å². The van der Waals surface area contributed by atoms with Crippen LogP contribution >= 0.6 is 0 Å². The van der Waals surface area contributed by atoms with Crippen LogP contribution < -0.4 is 5.73 Å². The minimum Gasteiger partial charge on any atom is -0.404 e. The van der Waals surface area contributed by atoms with Crippen molar-refractivity contribution in [2.75, 3.05) is 6.54 Å². The maximum absolute atomic E-state index is 14.0. The molecule has 7 atom stereocenters. The molecule has 5 nitrogen and oxygen atoms in total. The van der Waals surface area contributed by atoms with Crippen molar-refractivity contribution in [2.45, 2.75) is 76.8 Å². The molecule has 2 heterocycles. The minimum absolute atomic E-state index is 0.0465. The van der Waals surface area contributed by atoms with Crippen LogP contribution in [-0.2, 0) is 14.1 Å². The maximum Gasteiger partial charge on any atom is 0.482 e. The van der Waals surface area contributed by atoms with Gasteiger partial charge in [-0.2, -0.15) is 0 Å². The third-order valence-electron chi connectivity index (χ3n) is 7.25. The lowest BCUT2D eigenvalue weighted by molar-refractivity contribution is -0.199. The Labute approximate surface area is 143 Å². The number of hydrogen-bond acceptors (Lipinski definition) is 4. The number of hydrogen-bond donors (Lipinski definition) is 1. The van der Waals surface area contributed by atoms with Crippen LogP contribution in [0.5, 0.6) is 0 Å². The van der Waals surface area contributed by atoms with Gasteiger partial charge in [-0.1, -0.05) is 13.8 Å². The van der Waals surface area contributed by atoms with Crippen LogP contribution in [-0.4, -0.2) is 54.3 Å². The van der Waals surface area contributed by atoms with Crippen molar-refractivity contribution < 1.29 is 18.5 Å². The van der Waals surface area contributed by atoms with Gasteiger partial charge in [-0.15, -0.1) is 0 Å². The lowest BCUT2D eigenvalue weighted by atomic mass is 9.43. The Kier molecular flexibility index (Phi) is 3.62. The predicted octanol–water partition coefficient (Wildman–Crippen LogP) is 1.54. The second kappa shape index (κ2) is 5.18. The zero-order valence-electron chi connectivity index (χ0n) is 15.0. The quantitative estimate of drug-likeness (QED) is 0.776. The smallest absolute Gasteiger partial charge is 0.404 e. The Bertz CT molecular complexity index is 560. The first kappa shape index (κ1) is 16.8. The molecule has 2 saturated heterocycles. The molecular weight excluding hydrogens is 310 g/mol.